The summed E-state index contributed by atoms with van der Waals surface area (Å²) in [6.45, 7) is 14.6. The molecule has 0 aliphatic heterocycles. The van der Waals surface area contributed by atoms with Gasteiger partial charge in [0.05, 0.1) is 19.1 Å². The maximum absolute atomic E-state index is 16.0. The minimum atomic E-state index is -1.40. The van der Waals surface area contributed by atoms with Gasteiger partial charge in [0.2, 0.25) is 5.91 Å². The summed E-state index contributed by atoms with van der Waals surface area (Å²) in [5.41, 5.74) is 3.47. The Morgan fingerprint density at radius 2 is 1.77 bits per heavy atom. The normalized spacial score (nSPS) is 12.6. The van der Waals surface area contributed by atoms with Gasteiger partial charge in [-0.15, -0.1) is 13.2 Å². The predicted molar refractivity (Wildman–Crippen MR) is 151 cm³/mol. The van der Waals surface area contributed by atoms with Crippen molar-refractivity contribution in [2.45, 2.75) is 84.3 Å². The largest absolute Gasteiger partial charge is 0.466 e. The average molecular weight is 542 g/mol. The highest BCUT2D eigenvalue weighted by atomic mass is 19.1. The molecule has 0 saturated carbocycles. The predicted octanol–water partition coefficient (Wildman–Crippen LogP) is 7.01. The Balaban J connectivity index is 2.71. The zero-order valence-electron chi connectivity index (χ0n) is 23.5. The third-order valence-electron chi connectivity index (χ3n) is 6.59. The fourth-order valence-corrected chi connectivity index (χ4v) is 4.67. The van der Waals surface area contributed by atoms with Crippen molar-refractivity contribution in [3.63, 3.8) is 0 Å². The van der Waals surface area contributed by atoms with Gasteiger partial charge in [0.1, 0.15) is 17.7 Å². The molecule has 212 valence electrons. The Kier molecular flexibility index (Phi) is 12.5. The maximum atomic E-state index is 16.0. The molecule has 2 aromatic carbocycles. The van der Waals surface area contributed by atoms with Crippen molar-refractivity contribution in [1.29, 1.82) is 0 Å². The molecule has 0 saturated heterocycles. The molecule has 2 atom stereocenters. The number of rotatable bonds is 15. The van der Waals surface area contributed by atoms with E-state index < -0.39 is 29.8 Å². The number of esters is 1. The number of hydrogen-bond donors (Lipinski definition) is 2. The lowest BCUT2D eigenvalue weighted by Gasteiger charge is -2.24. The van der Waals surface area contributed by atoms with Crippen molar-refractivity contribution in [2.75, 3.05) is 6.61 Å². The SMILES string of the molecule is C=CCCCCc1cc(F)cc(C)c1-c1cc(C(C)C)c(F)c([C@H](CC(=O)OCC)NC(=O)[C@H](O)CC=C)c1. The number of hydrogen-bond acceptors (Lipinski definition) is 4. The van der Waals surface area contributed by atoms with Gasteiger partial charge >= 0.3 is 5.97 Å². The lowest BCUT2D eigenvalue weighted by molar-refractivity contribution is -0.144. The second-order valence-corrected chi connectivity index (χ2v) is 10.0. The minimum absolute atomic E-state index is 0.00170. The summed E-state index contributed by atoms with van der Waals surface area (Å²) in [4.78, 5) is 25.2. The fourth-order valence-electron chi connectivity index (χ4n) is 4.67. The number of halogens is 2. The molecule has 0 spiro atoms. The smallest absolute Gasteiger partial charge is 0.308 e. The number of aliphatic hydroxyl groups is 1. The third-order valence-corrected chi connectivity index (χ3v) is 6.59. The highest BCUT2D eigenvalue weighted by molar-refractivity contribution is 5.82. The first-order valence-electron chi connectivity index (χ1n) is 13.5. The molecular weight excluding hydrogens is 500 g/mol. The molecule has 2 rings (SSSR count). The summed E-state index contributed by atoms with van der Waals surface area (Å²) in [7, 11) is 0. The second kappa shape index (κ2) is 15.3. The van der Waals surface area contributed by atoms with Crippen LogP contribution in [-0.4, -0.2) is 29.7 Å². The van der Waals surface area contributed by atoms with Crippen LogP contribution in [0.4, 0.5) is 8.78 Å². The van der Waals surface area contributed by atoms with Crippen LogP contribution in [0, 0.1) is 18.6 Å². The van der Waals surface area contributed by atoms with E-state index in [-0.39, 0.29) is 36.7 Å². The number of aryl methyl sites for hydroxylation is 2. The molecule has 0 heterocycles. The first-order chi connectivity index (χ1) is 18.5. The van der Waals surface area contributed by atoms with Crippen molar-refractivity contribution in [1.82, 2.24) is 5.32 Å². The molecule has 1 amide bonds. The zero-order valence-corrected chi connectivity index (χ0v) is 23.5. The van der Waals surface area contributed by atoms with Crippen molar-refractivity contribution >= 4 is 11.9 Å². The summed E-state index contributed by atoms with van der Waals surface area (Å²) in [6, 6.07) is 5.23. The monoisotopic (exact) mass is 541 g/mol. The van der Waals surface area contributed by atoms with Gasteiger partial charge in [0.15, 0.2) is 0 Å². The molecule has 0 aliphatic carbocycles. The van der Waals surface area contributed by atoms with Crippen LogP contribution in [0.25, 0.3) is 11.1 Å². The Bertz CT molecular complexity index is 1180. The van der Waals surface area contributed by atoms with Crippen LogP contribution < -0.4 is 5.32 Å². The number of carbonyl (C=O) groups is 2. The van der Waals surface area contributed by atoms with Gasteiger partial charge in [-0.2, -0.15) is 0 Å². The van der Waals surface area contributed by atoms with Gasteiger partial charge in [-0.3, -0.25) is 9.59 Å². The first kappa shape index (κ1) is 31.9. The van der Waals surface area contributed by atoms with E-state index in [1.54, 1.807) is 19.1 Å². The summed E-state index contributed by atoms with van der Waals surface area (Å²) < 4.78 is 35.6. The number of carbonyl (C=O) groups excluding carboxylic acids is 2. The van der Waals surface area contributed by atoms with E-state index in [4.69, 9.17) is 4.74 Å². The zero-order chi connectivity index (χ0) is 29.1. The molecule has 0 aromatic heterocycles. The molecule has 7 heteroatoms. The van der Waals surface area contributed by atoms with E-state index in [9.17, 15) is 19.1 Å². The van der Waals surface area contributed by atoms with E-state index in [1.165, 1.54) is 18.2 Å². The lowest BCUT2D eigenvalue weighted by atomic mass is 9.86. The van der Waals surface area contributed by atoms with Crippen LogP contribution in [0.2, 0.25) is 0 Å². The van der Waals surface area contributed by atoms with E-state index >= 15 is 4.39 Å². The Morgan fingerprint density at radius 1 is 1.08 bits per heavy atom. The highest BCUT2D eigenvalue weighted by Gasteiger charge is 2.28. The van der Waals surface area contributed by atoms with Crippen LogP contribution in [0.15, 0.2) is 49.6 Å². The number of allylic oxidation sites excluding steroid dienone is 1. The van der Waals surface area contributed by atoms with Gasteiger partial charge in [-0.05, 0) is 97.5 Å². The molecule has 0 aliphatic rings. The van der Waals surface area contributed by atoms with E-state index in [1.807, 2.05) is 26.8 Å². The lowest BCUT2D eigenvalue weighted by Crippen LogP contribution is -2.38. The number of aliphatic hydroxyl groups excluding tert-OH is 1. The van der Waals surface area contributed by atoms with Gasteiger partial charge in [0, 0.05) is 12.0 Å². The molecule has 0 unspecified atom stereocenters. The minimum Gasteiger partial charge on any atom is -0.466 e. The van der Waals surface area contributed by atoms with Crippen molar-refractivity contribution in [3.05, 3.63) is 83.5 Å². The second-order valence-electron chi connectivity index (χ2n) is 10.0. The van der Waals surface area contributed by atoms with Crippen LogP contribution in [0.5, 0.6) is 0 Å². The van der Waals surface area contributed by atoms with Gasteiger partial charge in [0.25, 0.3) is 0 Å². The van der Waals surface area contributed by atoms with E-state index in [2.05, 4.69) is 18.5 Å². The molecule has 0 radical (unpaired) electrons. The maximum Gasteiger partial charge on any atom is 0.308 e. The summed E-state index contributed by atoms with van der Waals surface area (Å²) in [5.74, 6) is -2.47. The summed E-state index contributed by atoms with van der Waals surface area (Å²) in [6.07, 6.45) is 4.75. The van der Waals surface area contributed by atoms with Crippen LogP contribution in [-0.2, 0) is 20.7 Å². The van der Waals surface area contributed by atoms with E-state index in [0.29, 0.717) is 23.1 Å². The molecule has 0 fully saturated rings. The molecule has 2 aromatic rings. The van der Waals surface area contributed by atoms with Gasteiger partial charge < -0.3 is 15.2 Å². The van der Waals surface area contributed by atoms with Gasteiger partial charge in [-0.25, -0.2) is 8.78 Å². The fraction of sp³-hybridized carbons (Fsp3) is 0.438. The molecule has 5 nitrogen and oxygen atoms in total. The third kappa shape index (κ3) is 8.85. The summed E-state index contributed by atoms with van der Waals surface area (Å²) in [5, 5.41) is 12.8. The Labute approximate surface area is 231 Å². The Hall–Kier alpha value is -3.32. The first-order valence-corrected chi connectivity index (χ1v) is 13.5. The number of nitrogens with one attached hydrogen (secondary N) is 1. The van der Waals surface area contributed by atoms with Gasteiger partial charge in [-0.1, -0.05) is 26.0 Å². The number of benzene rings is 2. The highest BCUT2D eigenvalue weighted by Crippen LogP contribution is 2.37. The standard InChI is InChI=1S/C32H41F2NO4/c1-7-10-11-12-14-22-16-24(33)15-21(6)30(22)23-17-25(20(4)5)31(34)26(18-23)27(19-29(37)39-9-3)35-32(38)28(36)13-8-2/h7-8,15-18,20,27-28,36H,1-2,9-14,19H2,3-6H3,(H,35,38)/t27-,28+/m0/s1. The van der Waals surface area contributed by atoms with Crippen molar-refractivity contribution < 1.29 is 28.2 Å². The average Bonchev–Trinajstić information content (AvgIpc) is 2.86. The molecule has 0 bridgehead atoms. The topological polar surface area (TPSA) is 75.6 Å². The number of ether oxygens (including phenoxy) is 1. The Morgan fingerprint density at radius 3 is 2.38 bits per heavy atom. The quantitative estimate of drug-likeness (QED) is 0.144. The summed E-state index contributed by atoms with van der Waals surface area (Å²) >= 11 is 0. The molecule has 2 N–H and O–H groups in total. The van der Waals surface area contributed by atoms with Crippen LogP contribution >= 0.6 is 0 Å². The molecule has 39 heavy (non-hydrogen) atoms. The van der Waals surface area contributed by atoms with Crippen LogP contribution in [0.3, 0.4) is 0 Å². The molecular formula is C32H41F2NO4. The number of unbranched alkanes of at least 4 members (excludes halogenated alkanes) is 2. The van der Waals surface area contributed by atoms with Crippen molar-refractivity contribution in [2.24, 2.45) is 0 Å². The van der Waals surface area contributed by atoms with Crippen molar-refractivity contribution in [3.8, 4) is 11.1 Å². The van der Waals surface area contributed by atoms with E-state index in [0.717, 1.165) is 30.4 Å². The number of amides is 1. The van der Waals surface area contributed by atoms with Crippen LogP contribution in [0.1, 0.15) is 87.1 Å².